The van der Waals surface area contributed by atoms with E-state index in [-0.39, 0.29) is 35.8 Å². The molecule has 0 aromatic carbocycles. The summed E-state index contributed by atoms with van der Waals surface area (Å²) in [5.41, 5.74) is 0. The second kappa shape index (κ2) is 62.4. The van der Waals surface area contributed by atoms with Crippen molar-refractivity contribution in [2.24, 2.45) is 0 Å². The minimum absolute atomic E-state index is 0. The van der Waals surface area contributed by atoms with Gasteiger partial charge in [-0.2, -0.15) is 0 Å². The molecule has 0 bridgehead atoms. The third-order valence-corrected chi connectivity index (χ3v) is 8.75. The first kappa shape index (κ1) is 60.7. The van der Waals surface area contributed by atoms with Gasteiger partial charge in [-0.05, 0) is 12.8 Å². The number of esters is 2. The quantitative estimate of drug-likeness (QED) is 0.0367. The Morgan fingerprint density at radius 2 is 0.588 bits per heavy atom. The van der Waals surface area contributed by atoms with Gasteiger partial charge in [-0.1, -0.05) is 247 Å². The molecule has 0 saturated heterocycles. The van der Waals surface area contributed by atoms with Crippen LogP contribution in [-0.4, -0.2) is 60.6 Å². The monoisotopic (exact) mass is 865 g/mol. The minimum atomic E-state index is -0.135. The van der Waals surface area contributed by atoms with Gasteiger partial charge in [0.05, 0.1) is 26.1 Å². The van der Waals surface area contributed by atoms with E-state index in [1.54, 1.807) is 0 Å². The zero-order valence-corrected chi connectivity index (χ0v) is 39.3. The van der Waals surface area contributed by atoms with Crippen molar-refractivity contribution in [1.29, 1.82) is 0 Å². The van der Waals surface area contributed by atoms with Crippen LogP contribution in [0.2, 0.25) is 0 Å². The van der Waals surface area contributed by atoms with E-state index in [1.165, 1.54) is 167 Å². The molecule has 0 N–H and O–H groups in total. The van der Waals surface area contributed by atoms with Gasteiger partial charge in [0.15, 0.2) is 0 Å². The van der Waals surface area contributed by atoms with Gasteiger partial charge in [-0.25, -0.2) is 0 Å². The molecule has 0 aliphatic rings. The number of carbonyl (C=O) groups excluding carboxylic acids is 2. The van der Waals surface area contributed by atoms with Gasteiger partial charge < -0.3 is 9.47 Å². The van der Waals surface area contributed by atoms with Gasteiger partial charge in [0.1, 0.15) is 0 Å². The standard InChI is InChI=1S/2C18H35O2S.2C4H9.Sn/c2*1-2-3-4-5-6-7-8-9-10-11-12-13-14-16-20-18(19)15-17-21;2*1-3-4-2;/h2*2-17H2,1H3;2*1,3-4H2,2H3;. The smallest absolute Gasteiger partial charge is 0.306 e. The Morgan fingerprint density at radius 1 is 0.392 bits per heavy atom. The third kappa shape index (κ3) is 72.4. The van der Waals surface area contributed by atoms with Crippen molar-refractivity contribution < 1.29 is 19.1 Å². The van der Waals surface area contributed by atoms with Gasteiger partial charge in [-0.15, -0.1) is 0 Å². The Labute approximate surface area is 349 Å². The fraction of sp³-hybridized carbons (Fsp3) is 0.909. The van der Waals surface area contributed by atoms with Crippen molar-refractivity contribution in [3.05, 3.63) is 13.8 Å². The van der Waals surface area contributed by atoms with E-state index in [4.69, 9.17) is 34.7 Å². The predicted molar refractivity (Wildman–Crippen MR) is 234 cm³/mol. The second-order valence-electron chi connectivity index (χ2n) is 13.5. The fourth-order valence-electron chi connectivity index (χ4n) is 4.92. The molecule has 4 nitrogen and oxygen atoms in total. The average molecular weight is 864 g/mol. The Morgan fingerprint density at radius 3 is 0.765 bits per heavy atom. The predicted octanol–water partition coefficient (Wildman–Crippen LogP) is 15.3. The Hall–Kier alpha value is 0.439. The molecule has 0 atom stereocenters. The first-order valence-corrected chi connectivity index (χ1v) is 22.7. The summed E-state index contributed by atoms with van der Waals surface area (Å²) in [6.45, 7) is 17.1. The molecule has 0 unspecified atom stereocenters. The van der Waals surface area contributed by atoms with Crippen LogP contribution in [-0.2, 0) is 19.1 Å². The number of ether oxygens (including phenoxy) is 2. The molecule has 7 heteroatoms. The van der Waals surface area contributed by atoms with Crippen molar-refractivity contribution >= 4 is 61.1 Å². The molecule has 0 spiro atoms. The van der Waals surface area contributed by atoms with Gasteiger partial charge in [0.2, 0.25) is 0 Å². The van der Waals surface area contributed by atoms with Crippen LogP contribution in [0.5, 0.6) is 0 Å². The molecule has 0 aliphatic heterocycles. The summed E-state index contributed by atoms with van der Waals surface area (Å²) >= 11 is 9.47. The van der Waals surface area contributed by atoms with Crippen LogP contribution in [0.1, 0.15) is 233 Å². The Kier molecular flexibility index (Phi) is 74.3. The third-order valence-electron chi connectivity index (χ3n) is 8.34. The SMILES string of the molecule is CCCCCCCCCCCCCCCOC(=O)CC[S].CCCCCCCCCCCCCCCOC(=O)CC[S].[CH2]CCC.[CH2]CCC.[Sn]. The fourth-order valence-corrected chi connectivity index (χ4v) is 5.26. The van der Waals surface area contributed by atoms with E-state index in [1.807, 2.05) is 0 Å². The molecule has 304 valence electrons. The van der Waals surface area contributed by atoms with Gasteiger partial charge >= 0.3 is 11.9 Å². The number of hydrogen-bond donors (Lipinski definition) is 0. The van der Waals surface area contributed by atoms with Crippen molar-refractivity contribution in [3.63, 3.8) is 0 Å². The van der Waals surface area contributed by atoms with Crippen molar-refractivity contribution in [2.45, 2.75) is 233 Å². The molecule has 51 heavy (non-hydrogen) atoms. The largest absolute Gasteiger partial charge is 0.466 e. The van der Waals surface area contributed by atoms with E-state index >= 15 is 0 Å². The molecule has 0 saturated carbocycles. The summed E-state index contributed by atoms with van der Waals surface area (Å²) < 4.78 is 10.2. The Balaban J connectivity index is -0.000000224. The van der Waals surface area contributed by atoms with Gasteiger partial charge in [0.25, 0.3) is 0 Å². The maximum absolute atomic E-state index is 11.1. The van der Waals surface area contributed by atoms with Crippen molar-refractivity contribution in [1.82, 2.24) is 0 Å². The molecular formula is C44H88O4S2Sn. The van der Waals surface area contributed by atoms with Crippen molar-refractivity contribution in [3.8, 4) is 0 Å². The van der Waals surface area contributed by atoms with Crippen LogP contribution < -0.4 is 0 Å². The topological polar surface area (TPSA) is 52.6 Å². The van der Waals surface area contributed by atoms with Crippen LogP contribution in [0.25, 0.3) is 0 Å². The minimum Gasteiger partial charge on any atom is -0.466 e. The summed E-state index contributed by atoms with van der Waals surface area (Å²) in [5.74, 6) is 0.669. The zero-order valence-electron chi connectivity index (χ0n) is 34.8. The zero-order chi connectivity index (χ0) is 38.0. The molecule has 0 aliphatic carbocycles. The molecule has 0 rings (SSSR count). The summed E-state index contributed by atoms with van der Waals surface area (Å²) in [4.78, 5) is 22.1. The van der Waals surface area contributed by atoms with E-state index in [0.29, 0.717) is 37.6 Å². The summed E-state index contributed by atoms with van der Waals surface area (Å²) in [5, 5.41) is 0. The normalized spacial score (nSPS) is 10.0. The van der Waals surface area contributed by atoms with Crippen LogP contribution in [0.4, 0.5) is 0 Å². The van der Waals surface area contributed by atoms with Gasteiger partial charge in [-0.3, -0.25) is 9.59 Å². The number of rotatable bonds is 34. The maximum atomic E-state index is 11.1. The summed E-state index contributed by atoms with van der Waals surface area (Å²) in [6, 6.07) is 0. The van der Waals surface area contributed by atoms with E-state index in [2.05, 4.69) is 41.5 Å². The molecule has 0 heterocycles. The maximum Gasteiger partial charge on any atom is 0.306 e. The molecule has 0 aromatic heterocycles. The molecular weight excluding hydrogens is 775 g/mol. The average Bonchev–Trinajstić information content (AvgIpc) is 3.12. The van der Waals surface area contributed by atoms with Crippen molar-refractivity contribution in [2.75, 3.05) is 24.7 Å². The summed E-state index contributed by atoms with van der Waals surface area (Å²) in [7, 11) is 0. The first-order chi connectivity index (χ1) is 24.4. The number of unbranched alkanes of at least 4 members (excludes halogenated alkanes) is 26. The number of carbonyl (C=O) groups is 2. The van der Waals surface area contributed by atoms with Gasteiger partial charge in [0, 0.05) is 35.4 Å². The first-order valence-electron chi connectivity index (χ1n) is 21.5. The molecule has 0 aromatic rings. The van der Waals surface area contributed by atoms with E-state index in [0.717, 1.165) is 25.7 Å². The Bertz CT molecular complexity index is 541. The van der Waals surface area contributed by atoms with Crippen LogP contribution in [0.15, 0.2) is 0 Å². The van der Waals surface area contributed by atoms with E-state index in [9.17, 15) is 9.59 Å². The molecule has 0 fully saturated rings. The van der Waals surface area contributed by atoms with Crippen LogP contribution >= 0.6 is 25.3 Å². The number of hydrogen-bond acceptors (Lipinski definition) is 4. The van der Waals surface area contributed by atoms with Crippen LogP contribution in [0, 0.1) is 13.8 Å². The second-order valence-corrected chi connectivity index (χ2v) is 14.4. The van der Waals surface area contributed by atoms with E-state index < -0.39 is 0 Å². The van der Waals surface area contributed by atoms with Crippen LogP contribution in [0.3, 0.4) is 0 Å². The molecule has 0 amide bonds. The molecule has 8 radical (unpaired) electrons. The summed E-state index contributed by atoms with van der Waals surface area (Å²) in [6.07, 6.45) is 40.1.